The quantitative estimate of drug-likeness (QED) is 0.205. The number of carboxylic acids is 1. The summed E-state index contributed by atoms with van der Waals surface area (Å²) < 4.78 is 38.2. The second-order valence-corrected chi connectivity index (χ2v) is 7.33. The monoisotopic (exact) mass is 479 g/mol. The van der Waals surface area contributed by atoms with Gasteiger partial charge in [-0.25, -0.2) is 0 Å². The zero-order chi connectivity index (χ0) is 23.8. The third kappa shape index (κ3) is 21.0. The minimum Gasteiger partial charge on any atom is -0.481 e. The molecule has 0 saturated carbocycles. The maximum Gasteiger partial charge on any atom is 0.303 e. The molecular formula is C22H41NO10. The Morgan fingerprint density at radius 3 is 1.82 bits per heavy atom. The zero-order valence-corrected chi connectivity index (χ0v) is 19.6. The van der Waals surface area contributed by atoms with Crippen molar-refractivity contribution < 1.29 is 47.9 Å². The lowest BCUT2D eigenvalue weighted by molar-refractivity contribution is -0.169. The van der Waals surface area contributed by atoms with Gasteiger partial charge in [0, 0.05) is 26.2 Å². The van der Waals surface area contributed by atoms with E-state index in [1.165, 1.54) is 0 Å². The van der Waals surface area contributed by atoms with Crippen LogP contribution in [0.25, 0.3) is 0 Å². The summed E-state index contributed by atoms with van der Waals surface area (Å²) in [5.41, 5.74) is 0. The van der Waals surface area contributed by atoms with Crippen LogP contribution >= 0.6 is 0 Å². The van der Waals surface area contributed by atoms with Crippen molar-refractivity contribution in [2.45, 2.75) is 44.8 Å². The average Bonchev–Trinajstić information content (AvgIpc) is 2.82. The van der Waals surface area contributed by atoms with E-state index < -0.39 is 5.97 Å². The fraction of sp³-hybridized carbons (Fsp3) is 0.909. The van der Waals surface area contributed by atoms with E-state index >= 15 is 0 Å². The molecule has 0 aromatic rings. The van der Waals surface area contributed by atoms with Crippen LogP contribution in [0.15, 0.2) is 0 Å². The molecule has 1 saturated heterocycles. The molecule has 33 heavy (non-hydrogen) atoms. The lowest BCUT2D eigenvalue weighted by atomic mass is 10.2. The van der Waals surface area contributed by atoms with Gasteiger partial charge in [-0.05, 0) is 25.7 Å². The third-order valence-corrected chi connectivity index (χ3v) is 4.51. The number of aliphatic carboxylic acids is 1. The predicted molar refractivity (Wildman–Crippen MR) is 118 cm³/mol. The van der Waals surface area contributed by atoms with Gasteiger partial charge in [0.15, 0.2) is 6.29 Å². The minimum atomic E-state index is -0.976. The Labute approximate surface area is 196 Å². The largest absolute Gasteiger partial charge is 0.481 e. The fourth-order valence-electron chi connectivity index (χ4n) is 2.77. The number of hydrogen-bond acceptors (Lipinski definition) is 9. The zero-order valence-electron chi connectivity index (χ0n) is 19.6. The van der Waals surface area contributed by atoms with Crippen molar-refractivity contribution in [2.75, 3.05) is 85.8 Å². The maximum absolute atomic E-state index is 11.3. The van der Waals surface area contributed by atoms with E-state index in [-0.39, 0.29) is 25.0 Å². The van der Waals surface area contributed by atoms with Crippen molar-refractivity contribution >= 4 is 11.9 Å². The Morgan fingerprint density at radius 1 is 0.758 bits per heavy atom. The molecule has 11 heteroatoms. The highest BCUT2D eigenvalue weighted by Crippen LogP contribution is 2.13. The molecule has 194 valence electrons. The standard InChI is InChI=1S/C22H41NO10/c24-20(5-6-21(25)26)23-7-3-8-27-10-11-28-12-13-29-14-15-30-16-17-31-18-19-33-22-4-1-2-9-32-22/h22H,1-19H2,(H,23,24)(H,25,26). The van der Waals surface area contributed by atoms with Crippen LogP contribution in [0, 0.1) is 0 Å². The summed E-state index contributed by atoms with van der Waals surface area (Å²) in [5, 5.41) is 11.1. The van der Waals surface area contributed by atoms with Gasteiger partial charge in [0.05, 0.1) is 72.5 Å². The van der Waals surface area contributed by atoms with Crippen LogP contribution < -0.4 is 5.32 Å². The van der Waals surface area contributed by atoms with Gasteiger partial charge in [0.25, 0.3) is 0 Å². The molecule has 0 radical (unpaired) electrons. The van der Waals surface area contributed by atoms with Crippen LogP contribution in [-0.4, -0.2) is 109 Å². The van der Waals surface area contributed by atoms with Crippen molar-refractivity contribution in [3.63, 3.8) is 0 Å². The molecule has 2 N–H and O–H groups in total. The summed E-state index contributed by atoms with van der Waals surface area (Å²) in [7, 11) is 0. The molecule has 1 rings (SSSR count). The molecule has 0 bridgehead atoms. The van der Waals surface area contributed by atoms with Crippen molar-refractivity contribution in [1.82, 2.24) is 5.32 Å². The number of amides is 1. The summed E-state index contributed by atoms with van der Waals surface area (Å²) in [6.07, 6.45) is 3.67. The van der Waals surface area contributed by atoms with E-state index in [9.17, 15) is 9.59 Å². The highest BCUT2D eigenvalue weighted by atomic mass is 16.7. The Balaban J connectivity index is 1.67. The molecule has 0 aromatic carbocycles. The smallest absolute Gasteiger partial charge is 0.303 e. The maximum atomic E-state index is 11.3. The van der Waals surface area contributed by atoms with Crippen LogP contribution in [0.1, 0.15) is 38.5 Å². The molecule has 1 fully saturated rings. The molecule has 11 nitrogen and oxygen atoms in total. The first-order valence-corrected chi connectivity index (χ1v) is 11.8. The molecule has 0 spiro atoms. The fourth-order valence-corrected chi connectivity index (χ4v) is 2.77. The summed E-state index contributed by atoms with van der Waals surface area (Å²) in [5.74, 6) is -1.23. The van der Waals surface area contributed by atoms with Gasteiger partial charge in [-0.3, -0.25) is 9.59 Å². The number of carbonyl (C=O) groups excluding carboxylic acids is 1. The first-order chi connectivity index (χ1) is 16.2. The van der Waals surface area contributed by atoms with Crippen molar-refractivity contribution in [1.29, 1.82) is 0 Å². The summed E-state index contributed by atoms with van der Waals surface area (Å²) in [6, 6.07) is 0. The predicted octanol–water partition coefficient (Wildman–Crippen LogP) is 0.984. The number of hydrogen-bond donors (Lipinski definition) is 2. The first-order valence-electron chi connectivity index (χ1n) is 11.8. The van der Waals surface area contributed by atoms with Crippen LogP contribution in [0.2, 0.25) is 0 Å². The lowest BCUT2D eigenvalue weighted by Crippen LogP contribution is -2.25. The number of carbonyl (C=O) groups is 2. The van der Waals surface area contributed by atoms with Gasteiger partial charge in [-0.15, -0.1) is 0 Å². The summed E-state index contributed by atoms with van der Waals surface area (Å²) >= 11 is 0. The highest BCUT2D eigenvalue weighted by Gasteiger charge is 2.13. The van der Waals surface area contributed by atoms with Crippen LogP contribution in [0.5, 0.6) is 0 Å². The third-order valence-electron chi connectivity index (χ3n) is 4.51. The average molecular weight is 480 g/mol. The normalized spacial score (nSPS) is 16.1. The molecule has 1 aliphatic rings. The first kappa shape index (κ1) is 29.7. The van der Waals surface area contributed by atoms with Crippen LogP contribution in [0.3, 0.4) is 0 Å². The van der Waals surface area contributed by atoms with Crippen molar-refractivity contribution in [3.05, 3.63) is 0 Å². The molecule has 1 atom stereocenters. The highest BCUT2D eigenvalue weighted by molar-refractivity contribution is 5.80. The Kier molecular flexibility index (Phi) is 20.2. The molecule has 1 unspecified atom stereocenters. The molecular weight excluding hydrogens is 438 g/mol. The van der Waals surface area contributed by atoms with E-state index in [2.05, 4.69) is 5.32 Å². The van der Waals surface area contributed by atoms with E-state index in [0.29, 0.717) is 85.6 Å². The number of ether oxygens (including phenoxy) is 7. The van der Waals surface area contributed by atoms with Crippen molar-refractivity contribution in [2.24, 2.45) is 0 Å². The van der Waals surface area contributed by atoms with Gasteiger partial charge in [-0.1, -0.05) is 0 Å². The molecule has 0 aromatic heterocycles. The molecule has 0 aliphatic carbocycles. The summed E-state index contributed by atoms with van der Waals surface area (Å²) in [4.78, 5) is 21.7. The lowest BCUT2D eigenvalue weighted by Gasteiger charge is -2.22. The Bertz CT molecular complexity index is 474. The topological polar surface area (TPSA) is 131 Å². The second kappa shape index (κ2) is 22.5. The van der Waals surface area contributed by atoms with Crippen molar-refractivity contribution in [3.8, 4) is 0 Å². The van der Waals surface area contributed by atoms with E-state index in [0.717, 1.165) is 25.9 Å². The molecule has 1 amide bonds. The SMILES string of the molecule is O=C(O)CCC(=O)NCCCOCCOCCOCCOCCOCCOC1CCCCO1. The van der Waals surface area contributed by atoms with Gasteiger partial charge >= 0.3 is 5.97 Å². The van der Waals surface area contributed by atoms with Gasteiger partial charge in [0.2, 0.25) is 5.91 Å². The Morgan fingerprint density at radius 2 is 1.30 bits per heavy atom. The van der Waals surface area contributed by atoms with E-state index in [4.69, 9.17) is 38.3 Å². The van der Waals surface area contributed by atoms with E-state index in [1.54, 1.807) is 0 Å². The van der Waals surface area contributed by atoms with Gasteiger partial charge in [0.1, 0.15) is 0 Å². The number of nitrogens with one attached hydrogen (secondary N) is 1. The molecule has 1 aliphatic heterocycles. The van der Waals surface area contributed by atoms with Crippen LogP contribution in [0.4, 0.5) is 0 Å². The number of carboxylic acid groups (broad SMARTS) is 1. The summed E-state index contributed by atoms with van der Waals surface area (Å²) in [6.45, 7) is 6.77. The second-order valence-electron chi connectivity index (χ2n) is 7.33. The van der Waals surface area contributed by atoms with Gasteiger partial charge in [-0.2, -0.15) is 0 Å². The van der Waals surface area contributed by atoms with E-state index in [1.807, 2.05) is 0 Å². The van der Waals surface area contributed by atoms with Gasteiger partial charge < -0.3 is 43.6 Å². The minimum absolute atomic E-state index is 0.000700. The molecule has 1 heterocycles. The Hall–Kier alpha value is -1.34. The van der Waals surface area contributed by atoms with Crippen LogP contribution in [-0.2, 0) is 42.7 Å². The number of rotatable bonds is 23.